The van der Waals surface area contributed by atoms with Crippen molar-refractivity contribution in [3.8, 4) is 0 Å². The fourth-order valence-electron chi connectivity index (χ4n) is 1.26. The van der Waals surface area contributed by atoms with Gasteiger partial charge < -0.3 is 14.0 Å². The standard InChI is InChI=1S/C9H11BrN2O5/c1-16-8(17-2)5-11-4-6(10)3-7(9(11)13)12(14)15/h3-4,8H,5H2,1-2H3. The van der Waals surface area contributed by atoms with Crippen LogP contribution in [0.3, 0.4) is 0 Å². The van der Waals surface area contributed by atoms with Crippen LogP contribution in [0, 0.1) is 10.1 Å². The number of methoxy groups -OCH3 is 2. The fourth-order valence-corrected chi connectivity index (χ4v) is 1.72. The van der Waals surface area contributed by atoms with E-state index >= 15 is 0 Å². The van der Waals surface area contributed by atoms with E-state index in [1.165, 1.54) is 25.0 Å². The van der Waals surface area contributed by atoms with Gasteiger partial charge >= 0.3 is 11.2 Å². The summed E-state index contributed by atoms with van der Waals surface area (Å²) < 4.78 is 11.5. The second kappa shape index (κ2) is 5.89. The maximum absolute atomic E-state index is 11.7. The lowest BCUT2D eigenvalue weighted by molar-refractivity contribution is -0.386. The van der Waals surface area contributed by atoms with Crippen molar-refractivity contribution in [2.75, 3.05) is 14.2 Å². The third kappa shape index (κ3) is 3.35. The van der Waals surface area contributed by atoms with E-state index in [1.54, 1.807) is 0 Å². The maximum Gasteiger partial charge on any atom is 0.335 e. The quantitative estimate of drug-likeness (QED) is 0.463. The van der Waals surface area contributed by atoms with Gasteiger partial charge in [-0.1, -0.05) is 0 Å². The second-order valence-electron chi connectivity index (χ2n) is 3.16. The minimum atomic E-state index is -0.724. The predicted octanol–water partition coefficient (Wildman–Crippen LogP) is 1.14. The molecular formula is C9H11BrN2O5. The first kappa shape index (κ1) is 13.8. The number of nitrogens with zero attached hydrogens (tertiary/aromatic N) is 2. The van der Waals surface area contributed by atoms with Crippen molar-refractivity contribution in [2.45, 2.75) is 12.8 Å². The number of hydrogen-bond donors (Lipinski definition) is 0. The van der Waals surface area contributed by atoms with Crippen LogP contribution in [0.4, 0.5) is 5.69 Å². The molecule has 0 saturated heterocycles. The summed E-state index contributed by atoms with van der Waals surface area (Å²) in [6, 6.07) is 1.16. The van der Waals surface area contributed by atoms with Gasteiger partial charge in [-0.05, 0) is 15.9 Å². The van der Waals surface area contributed by atoms with Crippen LogP contribution in [0.5, 0.6) is 0 Å². The molecule has 0 aliphatic heterocycles. The van der Waals surface area contributed by atoms with Crippen molar-refractivity contribution in [1.82, 2.24) is 4.57 Å². The summed E-state index contributed by atoms with van der Waals surface area (Å²) in [5.41, 5.74) is -1.19. The summed E-state index contributed by atoms with van der Waals surface area (Å²) >= 11 is 3.10. The monoisotopic (exact) mass is 306 g/mol. The van der Waals surface area contributed by atoms with Crippen LogP contribution in [-0.4, -0.2) is 30.0 Å². The summed E-state index contributed by atoms with van der Waals surface area (Å²) in [4.78, 5) is 21.7. The van der Waals surface area contributed by atoms with Gasteiger partial charge in [-0.2, -0.15) is 0 Å². The summed E-state index contributed by atoms with van der Waals surface area (Å²) in [6.07, 6.45) is 0.807. The molecule has 0 spiro atoms. The number of nitro groups is 1. The van der Waals surface area contributed by atoms with Crippen LogP contribution in [0.2, 0.25) is 0 Å². The summed E-state index contributed by atoms with van der Waals surface area (Å²) in [5, 5.41) is 10.7. The van der Waals surface area contributed by atoms with E-state index in [2.05, 4.69) is 15.9 Å². The molecule has 0 saturated carbocycles. The first-order valence-electron chi connectivity index (χ1n) is 4.59. The van der Waals surface area contributed by atoms with E-state index in [1.807, 2.05) is 0 Å². The van der Waals surface area contributed by atoms with Gasteiger partial charge in [-0.25, -0.2) is 0 Å². The zero-order chi connectivity index (χ0) is 13.0. The zero-order valence-corrected chi connectivity index (χ0v) is 10.8. The highest BCUT2D eigenvalue weighted by Crippen LogP contribution is 2.14. The van der Waals surface area contributed by atoms with E-state index < -0.39 is 22.5 Å². The van der Waals surface area contributed by atoms with E-state index in [9.17, 15) is 14.9 Å². The Morgan fingerprint density at radius 1 is 1.53 bits per heavy atom. The molecule has 0 N–H and O–H groups in total. The molecule has 0 aliphatic carbocycles. The molecule has 17 heavy (non-hydrogen) atoms. The molecule has 0 aromatic carbocycles. The Morgan fingerprint density at radius 3 is 2.59 bits per heavy atom. The van der Waals surface area contributed by atoms with Gasteiger partial charge in [0.05, 0.1) is 11.5 Å². The van der Waals surface area contributed by atoms with Crippen LogP contribution in [-0.2, 0) is 16.0 Å². The number of pyridine rings is 1. The number of halogens is 1. The molecule has 94 valence electrons. The van der Waals surface area contributed by atoms with Crippen LogP contribution in [0.1, 0.15) is 0 Å². The number of rotatable bonds is 5. The normalized spacial score (nSPS) is 10.8. The Labute approximate surface area is 105 Å². The highest BCUT2D eigenvalue weighted by atomic mass is 79.9. The van der Waals surface area contributed by atoms with Gasteiger partial charge in [0.2, 0.25) is 0 Å². The highest BCUT2D eigenvalue weighted by molar-refractivity contribution is 9.10. The molecule has 0 fully saturated rings. The molecule has 1 rings (SSSR count). The lowest BCUT2D eigenvalue weighted by Crippen LogP contribution is -2.29. The SMILES string of the molecule is COC(Cn1cc(Br)cc([N+](=O)[O-])c1=O)OC. The minimum absolute atomic E-state index is 0.0755. The van der Waals surface area contributed by atoms with E-state index in [4.69, 9.17) is 9.47 Å². The third-order valence-corrected chi connectivity index (χ3v) is 2.54. The van der Waals surface area contributed by atoms with Gasteiger partial charge in [0, 0.05) is 31.0 Å². The number of hydrogen-bond acceptors (Lipinski definition) is 5. The van der Waals surface area contributed by atoms with Crippen molar-refractivity contribution in [3.05, 3.63) is 37.2 Å². The predicted molar refractivity (Wildman–Crippen MR) is 62.9 cm³/mol. The van der Waals surface area contributed by atoms with E-state index in [0.717, 1.165) is 6.07 Å². The highest BCUT2D eigenvalue weighted by Gasteiger charge is 2.17. The molecule has 7 nitrogen and oxygen atoms in total. The van der Waals surface area contributed by atoms with E-state index in [-0.39, 0.29) is 6.54 Å². The van der Waals surface area contributed by atoms with Crippen molar-refractivity contribution >= 4 is 21.6 Å². The lowest BCUT2D eigenvalue weighted by Gasteiger charge is -2.14. The van der Waals surface area contributed by atoms with Crippen molar-refractivity contribution in [3.63, 3.8) is 0 Å². The van der Waals surface area contributed by atoms with Crippen LogP contribution in [0.25, 0.3) is 0 Å². The van der Waals surface area contributed by atoms with E-state index in [0.29, 0.717) is 4.47 Å². The van der Waals surface area contributed by atoms with Gasteiger partial charge in [0.1, 0.15) is 0 Å². The Bertz CT molecular complexity index is 469. The van der Waals surface area contributed by atoms with Gasteiger partial charge in [0.25, 0.3) is 0 Å². The Kier molecular flexibility index (Phi) is 4.79. The molecule has 8 heteroatoms. The number of ether oxygens (including phenoxy) is 2. The third-order valence-electron chi connectivity index (χ3n) is 2.10. The zero-order valence-electron chi connectivity index (χ0n) is 9.25. The molecular weight excluding hydrogens is 296 g/mol. The molecule has 1 aromatic heterocycles. The summed E-state index contributed by atoms with van der Waals surface area (Å²) in [5.74, 6) is 0. The first-order valence-corrected chi connectivity index (χ1v) is 5.39. The van der Waals surface area contributed by atoms with Crippen LogP contribution < -0.4 is 5.56 Å². The van der Waals surface area contributed by atoms with Crippen molar-refractivity contribution < 1.29 is 14.4 Å². The van der Waals surface area contributed by atoms with Crippen molar-refractivity contribution in [2.24, 2.45) is 0 Å². The first-order chi connectivity index (χ1) is 7.99. The second-order valence-corrected chi connectivity index (χ2v) is 4.07. The minimum Gasteiger partial charge on any atom is -0.354 e. The summed E-state index contributed by atoms with van der Waals surface area (Å²) in [7, 11) is 2.84. The Morgan fingerprint density at radius 2 is 2.12 bits per heavy atom. The van der Waals surface area contributed by atoms with Crippen LogP contribution >= 0.6 is 15.9 Å². The van der Waals surface area contributed by atoms with Gasteiger partial charge in [0.15, 0.2) is 6.29 Å². The molecule has 0 amide bonds. The van der Waals surface area contributed by atoms with Crippen LogP contribution in [0.15, 0.2) is 21.5 Å². The Balaban J connectivity index is 3.16. The van der Waals surface area contributed by atoms with Gasteiger partial charge in [-0.3, -0.25) is 14.9 Å². The lowest BCUT2D eigenvalue weighted by atomic mass is 10.4. The number of aromatic nitrogens is 1. The molecule has 0 atom stereocenters. The molecule has 0 aliphatic rings. The Hall–Kier alpha value is -1.25. The average Bonchev–Trinajstić information content (AvgIpc) is 2.29. The molecule has 1 heterocycles. The molecule has 0 radical (unpaired) electrons. The molecule has 1 aromatic rings. The average molecular weight is 307 g/mol. The topological polar surface area (TPSA) is 83.6 Å². The largest absolute Gasteiger partial charge is 0.354 e. The molecule has 0 unspecified atom stereocenters. The summed E-state index contributed by atoms with van der Waals surface area (Å²) in [6.45, 7) is 0.0755. The smallest absolute Gasteiger partial charge is 0.335 e. The maximum atomic E-state index is 11.7. The molecule has 0 bridgehead atoms. The van der Waals surface area contributed by atoms with Crippen molar-refractivity contribution in [1.29, 1.82) is 0 Å². The fraction of sp³-hybridized carbons (Fsp3) is 0.444. The van der Waals surface area contributed by atoms with Gasteiger partial charge in [-0.15, -0.1) is 0 Å².